The Morgan fingerprint density at radius 2 is 1.69 bits per heavy atom. The second kappa shape index (κ2) is 5.16. The summed E-state index contributed by atoms with van der Waals surface area (Å²) in [4.78, 5) is 0. The quantitative estimate of drug-likeness (QED) is 0.685. The van der Waals surface area contributed by atoms with Gasteiger partial charge in [0.05, 0.1) is 0 Å². The predicted octanol–water partition coefficient (Wildman–Crippen LogP) is 4.42. The van der Waals surface area contributed by atoms with Crippen LogP contribution in [0.1, 0.15) is 5.56 Å². The molecule has 0 saturated heterocycles. The van der Waals surface area contributed by atoms with E-state index in [0.29, 0.717) is 10.1 Å². The zero-order valence-electron chi connectivity index (χ0n) is 6.48. The van der Waals surface area contributed by atoms with Crippen LogP contribution in [-0.4, -0.2) is 5.54 Å². The standard InChI is InChI=1S/C8H5BCl4/c10-7-3-1-6(2-4-7)8(11)5-9(12)13/h1-5H/b8-5-. The molecule has 0 aliphatic carbocycles. The van der Waals surface area contributed by atoms with Gasteiger partial charge in [-0.15, -0.1) is 0 Å². The summed E-state index contributed by atoms with van der Waals surface area (Å²) in [6.07, 6.45) is 0. The highest BCUT2D eigenvalue weighted by atomic mass is 35.5. The van der Waals surface area contributed by atoms with Gasteiger partial charge in [-0.2, -0.15) is 22.9 Å². The van der Waals surface area contributed by atoms with E-state index in [1.54, 1.807) is 30.2 Å². The summed E-state index contributed by atoms with van der Waals surface area (Å²) >= 11 is 22.7. The van der Waals surface area contributed by atoms with Gasteiger partial charge in [0, 0.05) is 10.1 Å². The minimum atomic E-state index is -0.594. The van der Waals surface area contributed by atoms with Crippen LogP contribution in [-0.2, 0) is 0 Å². The summed E-state index contributed by atoms with van der Waals surface area (Å²) in [6, 6.07) is 7.11. The lowest BCUT2D eigenvalue weighted by atomic mass is 10.0. The molecular formula is C8H5BCl4. The molecule has 0 atom stereocenters. The van der Waals surface area contributed by atoms with Crippen molar-refractivity contribution in [3.8, 4) is 0 Å². The fraction of sp³-hybridized carbons (Fsp3) is 0. The normalized spacial score (nSPS) is 11.5. The van der Waals surface area contributed by atoms with Crippen molar-refractivity contribution in [2.24, 2.45) is 0 Å². The van der Waals surface area contributed by atoms with Crippen LogP contribution >= 0.6 is 46.1 Å². The molecule has 68 valence electrons. The Bertz CT molecular complexity index is 304. The van der Waals surface area contributed by atoms with Crippen LogP contribution in [0.4, 0.5) is 0 Å². The molecule has 1 aromatic rings. The first kappa shape index (κ1) is 11.3. The van der Waals surface area contributed by atoms with E-state index in [9.17, 15) is 0 Å². The Kier molecular flexibility index (Phi) is 4.47. The van der Waals surface area contributed by atoms with E-state index in [4.69, 9.17) is 46.1 Å². The van der Waals surface area contributed by atoms with E-state index in [1.807, 2.05) is 0 Å². The van der Waals surface area contributed by atoms with Gasteiger partial charge in [-0.3, -0.25) is 0 Å². The fourth-order valence-electron chi connectivity index (χ4n) is 0.816. The molecule has 0 amide bonds. The summed E-state index contributed by atoms with van der Waals surface area (Å²) in [6.45, 7) is 0. The van der Waals surface area contributed by atoms with Gasteiger partial charge in [-0.05, 0) is 17.7 Å². The minimum absolute atomic E-state index is 0.520. The van der Waals surface area contributed by atoms with Crippen LogP contribution in [0.25, 0.3) is 5.03 Å². The molecule has 0 bridgehead atoms. The van der Waals surface area contributed by atoms with Crippen molar-refractivity contribution in [2.75, 3.05) is 0 Å². The van der Waals surface area contributed by atoms with E-state index in [-0.39, 0.29) is 0 Å². The van der Waals surface area contributed by atoms with E-state index in [0.717, 1.165) is 5.56 Å². The summed E-state index contributed by atoms with van der Waals surface area (Å²) in [5.41, 5.74) is 0.251. The molecule has 1 rings (SSSR count). The third-order valence-electron chi connectivity index (χ3n) is 1.39. The summed E-state index contributed by atoms with van der Waals surface area (Å²) < 4.78 is 0. The smallest absolute Gasteiger partial charge is 0.165 e. The molecular weight excluding hydrogens is 249 g/mol. The average Bonchev–Trinajstić information content (AvgIpc) is 2.04. The molecule has 1 aromatic carbocycles. The highest BCUT2D eigenvalue weighted by molar-refractivity contribution is 7.36. The maximum Gasteiger partial charge on any atom is 0.377 e. The lowest BCUT2D eigenvalue weighted by Gasteiger charge is -1.98. The number of benzene rings is 1. The van der Waals surface area contributed by atoms with Crippen LogP contribution < -0.4 is 0 Å². The van der Waals surface area contributed by atoms with E-state index in [2.05, 4.69) is 0 Å². The summed E-state index contributed by atoms with van der Waals surface area (Å²) in [5.74, 6) is 1.55. The molecule has 0 nitrogen and oxygen atoms in total. The molecule has 5 heteroatoms. The van der Waals surface area contributed by atoms with Crippen LogP contribution in [0.2, 0.25) is 5.02 Å². The fourth-order valence-corrected chi connectivity index (χ4v) is 1.57. The molecule has 0 N–H and O–H groups in total. The first-order valence-corrected chi connectivity index (χ1v) is 5.14. The topological polar surface area (TPSA) is 0 Å². The van der Waals surface area contributed by atoms with E-state index < -0.39 is 5.54 Å². The highest BCUT2D eigenvalue weighted by Crippen LogP contribution is 2.22. The molecule has 0 fully saturated rings. The molecule has 0 aromatic heterocycles. The average molecular weight is 254 g/mol. The molecule has 0 spiro atoms. The largest absolute Gasteiger partial charge is 0.377 e. The van der Waals surface area contributed by atoms with Crippen LogP contribution in [0.15, 0.2) is 30.2 Å². The first-order chi connectivity index (χ1) is 6.09. The van der Waals surface area contributed by atoms with Gasteiger partial charge in [0.1, 0.15) is 0 Å². The molecule has 13 heavy (non-hydrogen) atoms. The van der Waals surface area contributed by atoms with Crippen molar-refractivity contribution in [1.82, 2.24) is 0 Å². The van der Waals surface area contributed by atoms with Gasteiger partial charge < -0.3 is 0 Å². The maximum absolute atomic E-state index is 5.90. The van der Waals surface area contributed by atoms with Crippen molar-refractivity contribution < 1.29 is 0 Å². The van der Waals surface area contributed by atoms with Gasteiger partial charge in [0.15, 0.2) is 0 Å². The van der Waals surface area contributed by atoms with E-state index in [1.165, 1.54) is 0 Å². The van der Waals surface area contributed by atoms with Crippen molar-refractivity contribution in [3.05, 3.63) is 40.8 Å². The maximum atomic E-state index is 5.90. The zero-order chi connectivity index (χ0) is 9.84. The minimum Gasteiger partial charge on any atom is -0.165 e. The Morgan fingerprint density at radius 1 is 1.15 bits per heavy atom. The Hall–Kier alpha value is 0.185. The van der Waals surface area contributed by atoms with Crippen LogP contribution in [0, 0.1) is 0 Å². The molecule has 0 aliphatic rings. The van der Waals surface area contributed by atoms with Gasteiger partial charge in [0.2, 0.25) is 0 Å². The van der Waals surface area contributed by atoms with Gasteiger partial charge >= 0.3 is 5.54 Å². The molecule has 0 aliphatic heterocycles. The number of hydrogen-bond donors (Lipinski definition) is 0. The molecule has 0 radical (unpaired) electrons. The second-order valence-electron chi connectivity index (χ2n) is 2.36. The summed E-state index contributed by atoms with van der Waals surface area (Å²) in [7, 11) is 0. The third-order valence-corrected chi connectivity index (χ3v) is 2.24. The lowest BCUT2D eigenvalue weighted by molar-refractivity contribution is 1.65. The van der Waals surface area contributed by atoms with Crippen LogP contribution in [0.5, 0.6) is 0 Å². The number of halogens is 4. The molecule has 0 unspecified atom stereocenters. The number of hydrogen-bond acceptors (Lipinski definition) is 0. The second-order valence-corrected chi connectivity index (χ2v) is 4.36. The van der Waals surface area contributed by atoms with Gasteiger partial charge in [0.25, 0.3) is 0 Å². The molecule has 0 heterocycles. The monoisotopic (exact) mass is 252 g/mol. The first-order valence-electron chi connectivity index (χ1n) is 3.51. The predicted molar refractivity (Wildman–Crippen MR) is 62.7 cm³/mol. The van der Waals surface area contributed by atoms with Crippen molar-refractivity contribution in [3.63, 3.8) is 0 Å². The van der Waals surface area contributed by atoms with Crippen molar-refractivity contribution >= 4 is 56.7 Å². The van der Waals surface area contributed by atoms with Gasteiger partial charge in [-0.25, -0.2) is 0 Å². The van der Waals surface area contributed by atoms with Crippen LogP contribution in [0.3, 0.4) is 0 Å². The van der Waals surface area contributed by atoms with Crippen molar-refractivity contribution in [1.29, 1.82) is 0 Å². The SMILES string of the molecule is ClB(Cl)/C=C(\Cl)c1ccc(Cl)cc1. The lowest BCUT2D eigenvalue weighted by Crippen LogP contribution is -1.87. The highest BCUT2D eigenvalue weighted by Gasteiger charge is 2.04. The summed E-state index contributed by atoms with van der Waals surface area (Å²) in [5, 5.41) is 1.19. The number of rotatable bonds is 2. The van der Waals surface area contributed by atoms with Crippen molar-refractivity contribution in [2.45, 2.75) is 0 Å². The Morgan fingerprint density at radius 3 is 2.15 bits per heavy atom. The van der Waals surface area contributed by atoms with Gasteiger partial charge in [-0.1, -0.05) is 41.3 Å². The Balaban J connectivity index is 2.89. The van der Waals surface area contributed by atoms with E-state index >= 15 is 0 Å². The Labute approximate surface area is 97.3 Å². The third kappa shape index (κ3) is 3.82. The molecule has 0 saturated carbocycles. The zero-order valence-corrected chi connectivity index (χ0v) is 9.50.